The van der Waals surface area contributed by atoms with Crippen LogP contribution in [0.2, 0.25) is 0 Å². The lowest BCUT2D eigenvalue weighted by Gasteiger charge is -2.22. The summed E-state index contributed by atoms with van der Waals surface area (Å²) in [6, 6.07) is 0.532. The molecule has 0 aliphatic carbocycles. The maximum absolute atomic E-state index is 11.9. The summed E-state index contributed by atoms with van der Waals surface area (Å²) in [5.74, 6) is -0.00255. The van der Waals surface area contributed by atoms with E-state index >= 15 is 0 Å². The van der Waals surface area contributed by atoms with Gasteiger partial charge in [0.25, 0.3) is 5.56 Å². The molecule has 0 bridgehead atoms. The van der Waals surface area contributed by atoms with E-state index < -0.39 is 42.3 Å². The minimum atomic E-state index is -1.03. The fourth-order valence-electron chi connectivity index (χ4n) is 2.54. The third-order valence-corrected chi connectivity index (χ3v) is 3.68. The zero-order valence-electron chi connectivity index (χ0n) is 13.0. The van der Waals surface area contributed by atoms with Crippen molar-refractivity contribution in [2.24, 2.45) is 16.5 Å². The lowest BCUT2D eigenvalue weighted by Crippen LogP contribution is -2.46. The van der Waals surface area contributed by atoms with Gasteiger partial charge in [0.1, 0.15) is 12.2 Å². The van der Waals surface area contributed by atoms with Crippen LogP contribution in [-0.2, 0) is 4.74 Å². The number of guanidine groups is 1. The fourth-order valence-corrected chi connectivity index (χ4v) is 2.54. The van der Waals surface area contributed by atoms with Crippen LogP contribution in [0.15, 0.2) is 26.8 Å². The molecule has 24 heavy (non-hydrogen) atoms. The minimum Gasteiger partial charge on any atom is -0.394 e. The van der Waals surface area contributed by atoms with Crippen molar-refractivity contribution in [3.05, 3.63) is 33.1 Å². The number of ether oxygens (including phenoxy) is 1. The Balaban J connectivity index is 2.10. The van der Waals surface area contributed by atoms with Gasteiger partial charge in [-0.2, -0.15) is 0 Å². The first-order valence-electron chi connectivity index (χ1n) is 7.48. The van der Waals surface area contributed by atoms with Gasteiger partial charge in [-0.25, -0.2) is 4.79 Å². The molecule has 0 radical (unpaired) electrons. The van der Waals surface area contributed by atoms with Gasteiger partial charge in [-0.1, -0.05) is 0 Å². The van der Waals surface area contributed by atoms with Crippen LogP contribution in [0.4, 0.5) is 0 Å². The topological polar surface area (TPSA) is 181 Å². The molecule has 1 saturated heterocycles. The Hall–Kier alpha value is -2.21. The molecule has 1 aliphatic rings. The highest BCUT2D eigenvalue weighted by atomic mass is 16.5. The zero-order valence-corrected chi connectivity index (χ0v) is 13.0. The second-order valence-corrected chi connectivity index (χ2v) is 5.40. The number of H-pyrrole nitrogens is 1. The second-order valence-electron chi connectivity index (χ2n) is 5.40. The maximum Gasteiger partial charge on any atom is 0.330 e. The molecule has 4 atom stereocenters. The largest absolute Gasteiger partial charge is 0.394 e. The average molecular weight is 342 g/mol. The van der Waals surface area contributed by atoms with Crippen molar-refractivity contribution in [1.82, 2.24) is 14.9 Å². The molecule has 11 heteroatoms. The number of nitrogens with zero attached hydrogens (tertiary/aromatic N) is 2. The Bertz CT molecular complexity index is 682. The third kappa shape index (κ3) is 4.20. The van der Waals surface area contributed by atoms with Crippen molar-refractivity contribution in [1.29, 1.82) is 0 Å². The minimum absolute atomic E-state index is 0.00255. The standard InChI is InChI=1S/C13H22N6O5/c14-12(15)17-4-1-3-16-9-10(22)7(6-20)24-11(9)19-5-2-8(21)18-13(19)23/h2,5,7,9-11,16,20,22H,1,3-4,6H2,(H4,14,15,17)(H,18,21,23). The van der Waals surface area contributed by atoms with Gasteiger partial charge in [-0.3, -0.25) is 19.3 Å². The number of nitrogens with two attached hydrogens (primary N) is 2. The molecule has 0 spiro atoms. The molecule has 2 heterocycles. The first-order valence-corrected chi connectivity index (χ1v) is 7.48. The normalized spacial score (nSPS) is 26.4. The van der Waals surface area contributed by atoms with Gasteiger partial charge in [0.15, 0.2) is 12.2 Å². The number of nitrogens with one attached hydrogen (secondary N) is 2. The predicted molar refractivity (Wildman–Crippen MR) is 85.4 cm³/mol. The summed E-state index contributed by atoms with van der Waals surface area (Å²) >= 11 is 0. The summed E-state index contributed by atoms with van der Waals surface area (Å²) in [4.78, 5) is 29.1. The highest BCUT2D eigenvalue weighted by molar-refractivity contribution is 5.75. The maximum atomic E-state index is 11.9. The monoisotopic (exact) mass is 342 g/mol. The number of rotatable bonds is 7. The molecule has 1 aliphatic heterocycles. The lowest BCUT2D eigenvalue weighted by atomic mass is 10.1. The van der Waals surface area contributed by atoms with Crippen LogP contribution in [0.3, 0.4) is 0 Å². The van der Waals surface area contributed by atoms with Gasteiger partial charge in [0.05, 0.1) is 12.6 Å². The van der Waals surface area contributed by atoms with Crippen molar-refractivity contribution in [3.63, 3.8) is 0 Å². The van der Waals surface area contributed by atoms with Gasteiger partial charge in [-0.15, -0.1) is 0 Å². The summed E-state index contributed by atoms with van der Waals surface area (Å²) in [7, 11) is 0. The summed E-state index contributed by atoms with van der Waals surface area (Å²) in [6.45, 7) is 0.461. The Kier molecular flexibility index (Phi) is 6.09. The Morgan fingerprint density at radius 2 is 2.21 bits per heavy atom. The molecule has 1 aromatic heterocycles. The third-order valence-electron chi connectivity index (χ3n) is 3.68. The van der Waals surface area contributed by atoms with Gasteiger partial charge < -0.3 is 31.7 Å². The van der Waals surface area contributed by atoms with E-state index in [-0.39, 0.29) is 5.96 Å². The van der Waals surface area contributed by atoms with Crippen molar-refractivity contribution in [2.75, 3.05) is 19.7 Å². The summed E-state index contributed by atoms with van der Waals surface area (Å²) in [5.41, 5.74) is 9.28. The first kappa shape index (κ1) is 18.1. The van der Waals surface area contributed by atoms with Gasteiger partial charge >= 0.3 is 5.69 Å². The SMILES string of the molecule is NC(N)=NCCCNC1C(O)C(CO)OC1n1ccc(=O)[nH]c1=O. The quantitative estimate of drug-likeness (QED) is 0.167. The van der Waals surface area contributed by atoms with Crippen molar-refractivity contribution in [3.8, 4) is 0 Å². The number of aliphatic hydroxyl groups is 2. The molecule has 1 aromatic rings. The van der Waals surface area contributed by atoms with Gasteiger partial charge in [0.2, 0.25) is 0 Å². The van der Waals surface area contributed by atoms with E-state index in [1.165, 1.54) is 12.3 Å². The molecular formula is C13H22N6O5. The van der Waals surface area contributed by atoms with Gasteiger partial charge in [0, 0.05) is 18.8 Å². The number of aromatic amines is 1. The van der Waals surface area contributed by atoms with Gasteiger partial charge in [-0.05, 0) is 13.0 Å². The fraction of sp³-hybridized carbons (Fsp3) is 0.615. The van der Waals surface area contributed by atoms with Crippen LogP contribution in [0.25, 0.3) is 0 Å². The highest BCUT2D eigenvalue weighted by Gasteiger charge is 2.44. The molecule has 11 nitrogen and oxygen atoms in total. The molecule has 4 unspecified atom stereocenters. The van der Waals surface area contributed by atoms with Crippen molar-refractivity contribution < 1.29 is 14.9 Å². The molecule has 0 saturated carbocycles. The second kappa shape index (κ2) is 8.06. The number of aliphatic hydroxyl groups excluding tert-OH is 2. The first-order chi connectivity index (χ1) is 11.4. The number of aliphatic imine (C=N–C) groups is 1. The van der Waals surface area contributed by atoms with Crippen molar-refractivity contribution >= 4 is 5.96 Å². The Labute approximate surface area is 137 Å². The van der Waals surface area contributed by atoms with Crippen LogP contribution in [0, 0.1) is 0 Å². The number of hydrogen-bond acceptors (Lipinski definition) is 7. The molecule has 0 amide bonds. The van der Waals surface area contributed by atoms with E-state index in [1.54, 1.807) is 0 Å². The Morgan fingerprint density at radius 3 is 2.83 bits per heavy atom. The molecule has 0 aromatic carbocycles. The van der Waals surface area contributed by atoms with Crippen LogP contribution < -0.4 is 28.0 Å². The summed E-state index contributed by atoms with van der Waals surface area (Å²) < 4.78 is 6.71. The summed E-state index contributed by atoms with van der Waals surface area (Å²) in [6.07, 6.45) is -0.861. The van der Waals surface area contributed by atoms with Crippen LogP contribution in [0.1, 0.15) is 12.6 Å². The number of hydrogen-bond donors (Lipinski definition) is 6. The lowest BCUT2D eigenvalue weighted by molar-refractivity contribution is -0.0469. The smallest absolute Gasteiger partial charge is 0.330 e. The molecule has 8 N–H and O–H groups in total. The van der Waals surface area contributed by atoms with E-state index in [9.17, 15) is 19.8 Å². The number of aromatic nitrogens is 2. The summed E-state index contributed by atoms with van der Waals surface area (Å²) in [5, 5.41) is 22.6. The van der Waals surface area contributed by atoms with E-state index in [4.69, 9.17) is 16.2 Å². The van der Waals surface area contributed by atoms with E-state index in [0.29, 0.717) is 19.5 Å². The molecular weight excluding hydrogens is 320 g/mol. The van der Waals surface area contributed by atoms with Crippen LogP contribution >= 0.6 is 0 Å². The molecule has 134 valence electrons. The van der Waals surface area contributed by atoms with E-state index in [0.717, 1.165) is 4.57 Å². The molecule has 1 fully saturated rings. The average Bonchev–Trinajstić information content (AvgIpc) is 2.83. The van der Waals surface area contributed by atoms with Crippen LogP contribution in [-0.4, -0.2) is 63.7 Å². The van der Waals surface area contributed by atoms with Crippen LogP contribution in [0.5, 0.6) is 0 Å². The van der Waals surface area contributed by atoms with E-state index in [1.807, 2.05) is 0 Å². The Morgan fingerprint density at radius 1 is 1.46 bits per heavy atom. The molecule has 2 rings (SSSR count). The van der Waals surface area contributed by atoms with Crippen molar-refractivity contribution in [2.45, 2.75) is 30.9 Å². The predicted octanol–water partition coefficient (Wildman–Crippen LogP) is -3.59. The zero-order chi connectivity index (χ0) is 17.7. The van der Waals surface area contributed by atoms with E-state index in [2.05, 4.69) is 15.3 Å². The highest BCUT2D eigenvalue weighted by Crippen LogP contribution is 2.28.